The van der Waals surface area contributed by atoms with E-state index in [4.69, 9.17) is 19.4 Å². The Labute approximate surface area is 435 Å². The van der Waals surface area contributed by atoms with Gasteiger partial charge in [0.05, 0.1) is 56.0 Å². The number of amides is 5. The number of nitrogens with one attached hydrogen (secondary N) is 4. The molecule has 2 aromatic heterocycles. The van der Waals surface area contributed by atoms with Gasteiger partial charge in [0.2, 0.25) is 29.5 Å². The first-order valence-corrected chi connectivity index (χ1v) is 25.1. The van der Waals surface area contributed by atoms with Crippen molar-refractivity contribution in [2.24, 2.45) is 5.41 Å². The average Bonchev–Trinajstić information content (AvgIpc) is 3.73. The quantitative estimate of drug-likeness (QED) is 0.0392. The van der Waals surface area contributed by atoms with Gasteiger partial charge in [0.25, 0.3) is 0 Å². The number of anilines is 1. The Balaban J connectivity index is 1.19. The van der Waals surface area contributed by atoms with Gasteiger partial charge in [-0.05, 0) is 62.4 Å². The highest BCUT2D eigenvalue weighted by molar-refractivity contribution is 6.07. The molecule has 0 fully saturated rings. The largest absolute Gasteiger partial charge is 0.374 e. The van der Waals surface area contributed by atoms with Crippen LogP contribution in [-0.4, -0.2) is 145 Å². The lowest BCUT2D eigenvalue weighted by Gasteiger charge is -2.37. The van der Waals surface area contributed by atoms with E-state index in [-0.39, 0.29) is 63.2 Å². The van der Waals surface area contributed by atoms with Crippen LogP contribution in [0.1, 0.15) is 70.5 Å². The van der Waals surface area contributed by atoms with E-state index in [9.17, 15) is 24.0 Å². The van der Waals surface area contributed by atoms with E-state index in [0.29, 0.717) is 36.7 Å². The molecule has 4 N–H and O–H groups in total. The topological polar surface area (TPSA) is 192 Å². The highest BCUT2D eigenvalue weighted by atomic mass is 16.5. The van der Waals surface area contributed by atoms with E-state index in [2.05, 4.69) is 68.3 Å². The van der Waals surface area contributed by atoms with Gasteiger partial charge in [-0.15, -0.1) is 0 Å². The van der Waals surface area contributed by atoms with E-state index >= 15 is 0 Å². The van der Waals surface area contributed by atoms with Gasteiger partial charge in [0.15, 0.2) is 5.82 Å². The molecule has 0 aliphatic rings. The molecule has 17 nitrogen and oxygen atoms in total. The molecule has 0 saturated carbocycles. The number of likely N-dealkylation sites (N-methyl/N-ethyl adjacent to an activating group) is 4. The zero-order valence-electron chi connectivity index (χ0n) is 44.7. The van der Waals surface area contributed by atoms with Crippen LogP contribution in [0.2, 0.25) is 0 Å². The lowest BCUT2D eigenvalue weighted by atomic mass is 9.77. The first kappa shape index (κ1) is 56.1. The molecule has 74 heavy (non-hydrogen) atoms. The van der Waals surface area contributed by atoms with Gasteiger partial charge in [-0.1, -0.05) is 130 Å². The second kappa shape index (κ2) is 25.1. The number of pyridine rings is 1. The van der Waals surface area contributed by atoms with Crippen molar-refractivity contribution in [2.45, 2.75) is 78.3 Å². The van der Waals surface area contributed by atoms with Gasteiger partial charge in [-0.2, -0.15) is 0 Å². The molecule has 4 aromatic carbocycles. The van der Waals surface area contributed by atoms with Gasteiger partial charge in [-0.25, -0.2) is 9.97 Å². The summed E-state index contributed by atoms with van der Waals surface area (Å²) in [6.07, 6.45) is 0.324. The molecule has 1 atom stereocenters. The fraction of sp³-hybridized carbons (Fsp3) is 0.421. The molecule has 5 amide bonds. The van der Waals surface area contributed by atoms with Gasteiger partial charge < -0.3 is 50.0 Å². The van der Waals surface area contributed by atoms with Crippen LogP contribution in [0.3, 0.4) is 0 Å². The molecular weight excluding hydrogens is 937 g/mol. The first-order chi connectivity index (χ1) is 35.3. The standard InChI is InChI=1S/C57H74N10O7/c1-11-73-38-46-62-51-52(43-29-21-22-30-44(43)61-53(51)63-57(40-23-15-12-16-24-40,41-25-17-13-18-26-41)42-27-19-14-20-28-42)67(46)39-56(5,6)74-32-31-59-54(72)45(33-55(2,3)4)60-47(68)35-64(8)49(70)37-66(10)50(71)36-65(9)48(69)34-58-7/h12-30,45,58H,11,31-39H2,1-10H3,(H,59,72)(H,60,68)(H,61,63)/t45-/m0/s1. The number of ether oxygens (including phenoxy) is 2. The number of fused-ring (bicyclic) bond motifs is 3. The van der Waals surface area contributed by atoms with E-state index in [1.807, 2.05) is 114 Å². The van der Waals surface area contributed by atoms with Crippen molar-refractivity contribution in [1.82, 2.24) is 45.2 Å². The molecule has 394 valence electrons. The van der Waals surface area contributed by atoms with E-state index < -0.39 is 34.9 Å². The second-order valence-electron chi connectivity index (χ2n) is 20.5. The smallest absolute Gasteiger partial charge is 0.242 e. The Morgan fingerprint density at radius 1 is 0.689 bits per heavy atom. The minimum atomic E-state index is -0.901. The number of hydrogen-bond donors (Lipinski definition) is 4. The van der Waals surface area contributed by atoms with E-state index in [1.165, 1.54) is 35.8 Å². The number of nitrogens with zero attached hydrogens (tertiary/aromatic N) is 6. The van der Waals surface area contributed by atoms with Crippen molar-refractivity contribution >= 4 is 57.3 Å². The van der Waals surface area contributed by atoms with Crippen molar-refractivity contribution in [1.29, 1.82) is 0 Å². The minimum Gasteiger partial charge on any atom is -0.374 e. The predicted molar refractivity (Wildman–Crippen MR) is 289 cm³/mol. The summed E-state index contributed by atoms with van der Waals surface area (Å²) < 4.78 is 14.8. The average molecular weight is 1010 g/mol. The Hall–Kier alpha value is -7.21. The van der Waals surface area contributed by atoms with E-state index in [0.717, 1.165) is 33.1 Å². The van der Waals surface area contributed by atoms with Gasteiger partial charge >= 0.3 is 0 Å². The van der Waals surface area contributed by atoms with Gasteiger partial charge in [0, 0.05) is 39.7 Å². The fourth-order valence-corrected chi connectivity index (χ4v) is 8.93. The maximum absolute atomic E-state index is 13.8. The molecule has 0 aliphatic carbocycles. The summed E-state index contributed by atoms with van der Waals surface area (Å²) in [4.78, 5) is 79.4. The van der Waals surface area contributed by atoms with Crippen LogP contribution in [-0.2, 0) is 52.1 Å². The summed E-state index contributed by atoms with van der Waals surface area (Å²) >= 11 is 0. The summed E-state index contributed by atoms with van der Waals surface area (Å²) in [5, 5.41) is 13.4. The van der Waals surface area contributed by atoms with Crippen molar-refractivity contribution < 1.29 is 33.4 Å². The molecule has 0 spiro atoms. The highest BCUT2D eigenvalue weighted by Gasteiger charge is 2.38. The van der Waals surface area contributed by atoms with Gasteiger partial charge in [0.1, 0.15) is 29.5 Å². The van der Waals surface area contributed by atoms with Crippen LogP contribution in [0.4, 0.5) is 5.82 Å². The molecule has 0 bridgehead atoms. The summed E-state index contributed by atoms with van der Waals surface area (Å²) in [7, 11) is 6.05. The van der Waals surface area contributed by atoms with Crippen LogP contribution in [0, 0.1) is 5.41 Å². The molecule has 0 unspecified atom stereocenters. The molecule has 0 saturated heterocycles. The van der Waals surface area contributed by atoms with Crippen molar-refractivity contribution in [3.63, 3.8) is 0 Å². The summed E-state index contributed by atoms with van der Waals surface area (Å²) in [6.45, 7) is 12.5. The Bertz CT molecular complexity index is 2750. The molecule has 6 rings (SSSR count). The Morgan fingerprint density at radius 3 is 1.76 bits per heavy atom. The lowest BCUT2D eigenvalue weighted by molar-refractivity contribution is -0.142. The zero-order chi connectivity index (χ0) is 53.6. The van der Waals surface area contributed by atoms with Crippen molar-refractivity contribution in [3.8, 4) is 0 Å². The molecule has 0 radical (unpaired) electrons. The van der Waals surface area contributed by atoms with Crippen LogP contribution >= 0.6 is 0 Å². The second-order valence-corrected chi connectivity index (χ2v) is 20.5. The summed E-state index contributed by atoms with van der Waals surface area (Å²) in [5.74, 6) is -0.797. The SMILES string of the molecule is CCOCc1nc2c(NC(c3ccccc3)(c3ccccc3)c3ccccc3)nc3ccccc3c2n1CC(C)(C)OCCNC(=O)[C@H](CC(C)(C)C)NC(=O)CN(C)C(=O)CN(C)C(=O)CN(C)C(=O)CNC. The number of para-hydroxylation sites is 1. The highest BCUT2D eigenvalue weighted by Crippen LogP contribution is 2.42. The Kier molecular flexibility index (Phi) is 19.1. The van der Waals surface area contributed by atoms with Crippen LogP contribution < -0.4 is 21.3 Å². The number of carbonyl (C=O) groups excluding carboxylic acids is 5. The lowest BCUT2D eigenvalue weighted by Crippen LogP contribution is -2.52. The summed E-state index contributed by atoms with van der Waals surface area (Å²) in [5.41, 5.74) is 3.41. The zero-order valence-corrected chi connectivity index (χ0v) is 44.7. The molecular formula is C57H74N10O7. The van der Waals surface area contributed by atoms with Crippen LogP contribution in [0.15, 0.2) is 115 Å². The van der Waals surface area contributed by atoms with Crippen molar-refractivity contribution in [2.75, 3.05) is 79.4 Å². The third kappa shape index (κ3) is 14.3. The minimum absolute atomic E-state index is 0.0750. The molecule has 2 heterocycles. The third-order valence-electron chi connectivity index (χ3n) is 12.7. The number of imidazole rings is 1. The monoisotopic (exact) mass is 1010 g/mol. The number of rotatable bonds is 25. The number of carbonyl (C=O) groups is 5. The van der Waals surface area contributed by atoms with Crippen LogP contribution in [0.25, 0.3) is 21.9 Å². The third-order valence-corrected chi connectivity index (χ3v) is 12.7. The normalized spacial score (nSPS) is 12.3. The van der Waals surface area contributed by atoms with Crippen LogP contribution in [0.5, 0.6) is 0 Å². The molecule has 17 heteroatoms. The Morgan fingerprint density at radius 2 is 1.22 bits per heavy atom. The van der Waals surface area contributed by atoms with E-state index in [1.54, 1.807) is 7.05 Å². The van der Waals surface area contributed by atoms with Crippen molar-refractivity contribution in [3.05, 3.63) is 138 Å². The predicted octanol–water partition coefficient (Wildman–Crippen LogP) is 5.95. The fourth-order valence-electron chi connectivity index (χ4n) is 8.93. The maximum atomic E-state index is 13.8. The maximum Gasteiger partial charge on any atom is 0.242 e. The van der Waals surface area contributed by atoms with Gasteiger partial charge in [-0.3, -0.25) is 24.0 Å². The first-order valence-electron chi connectivity index (χ1n) is 25.1. The number of hydrogen-bond acceptors (Lipinski definition) is 11. The molecule has 0 aliphatic heterocycles. The number of benzene rings is 4. The summed E-state index contributed by atoms with van der Waals surface area (Å²) in [6, 6.07) is 38.3. The number of aromatic nitrogens is 3. The molecule has 6 aromatic rings.